The summed E-state index contributed by atoms with van der Waals surface area (Å²) in [6.45, 7) is 4.36. The maximum atomic E-state index is 14.5. The molecule has 31 heavy (non-hydrogen) atoms. The van der Waals surface area contributed by atoms with Crippen molar-refractivity contribution in [2.24, 2.45) is 5.92 Å². The maximum absolute atomic E-state index is 14.5. The molecule has 1 heterocycles. The maximum Gasteiger partial charge on any atom is 0.307 e. The average Bonchev–Trinajstić information content (AvgIpc) is 3.55. The van der Waals surface area contributed by atoms with Crippen LogP contribution in [0.15, 0.2) is 48.7 Å². The molecule has 0 aliphatic heterocycles. The van der Waals surface area contributed by atoms with Crippen LogP contribution in [-0.4, -0.2) is 23.2 Å². The molecule has 4 rings (SSSR count). The van der Waals surface area contributed by atoms with Crippen molar-refractivity contribution in [1.82, 2.24) is 4.98 Å². The van der Waals surface area contributed by atoms with Gasteiger partial charge in [-0.3, -0.25) is 9.78 Å². The number of methoxy groups -OCH3 is 1. The number of nitrogens with zero attached hydrogens (tertiary/aromatic N) is 1. The Morgan fingerprint density at radius 2 is 1.94 bits per heavy atom. The standard InChI is InChI=1S/C25H25FN2O3/c1-14-8-19(31-3)9-15(2)24(14)16-4-6-22(26)17(10-16)12-27-18-5-7-23(28-13-18)20-11-21(20)25(29)30/h4-10,13,20-21,27H,11-12H2,1-3H3,(H,29,30)/t20-,21-/m0/s1. The first kappa shape index (κ1) is 20.8. The molecule has 0 radical (unpaired) electrons. The van der Waals surface area contributed by atoms with Crippen molar-refractivity contribution in [2.75, 3.05) is 12.4 Å². The van der Waals surface area contributed by atoms with Gasteiger partial charge >= 0.3 is 5.97 Å². The Kier molecular flexibility index (Phi) is 5.63. The molecule has 1 aliphatic rings. The lowest BCUT2D eigenvalue weighted by Gasteiger charge is -2.15. The van der Waals surface area contributed by atoms with Crippen LogP contribution in [-0.2, 0) is 11.3 Å². The second-order valence-corrected chi connectivity index (χ2v) is 8.05. The van der Waals surface area contributed by atoms with Crippen molar-refractivity contribution in [3.05, 3.63) is 76.9 Å². The van der Waals surface area contributed by atoms with Gasteiger partial charge in [-0.2, -0.15) is 0 Å². The fraction of sp³-hybridized carbons (Fsp3) is 0.280. The Morgan fingerprint density at radius 3 is 2.52 bits per heavy atom. The molecule has 0 unspecified atom stereocenters. The molecule has 6 heteroatoms. The van der Waals surface area contributed by atoms with E-state index in [4.69, 9.17) is 9.84 Å². The third-order valence-electron chi connectivity index (χ3n) is 5.83. The van der Waals surface area contributed by atoms with Gasteiger partial charge in [-0.15, -0.1) is 0 Å². The van der Waals surface area contributed by atoms with Gasteiger partial charge in [0.2, 0.25) is 0 Å². The number of ether oxygens (including phenoxy) is 1. The van der Waals surface area contributed by atoms with Gasteiger partial charge in [0.25, 0.3) is 0 Å². The van der Waals surface area contributed by atoms with E-state index in [1.807, 2.05) is 44.2 Å². The fourth-order valence-electron chi connectivity index (χ4n) is 4.08. The van der Waals surface area contributed by atoms with Gasteiger partial charge in [0.05, 0.1) is 24.9 Å². The number of rotatable bonds is 7. The first-order valence-electron chi connectivity index (χ1n) is 10.2. The van der Waals surface area contributed by atoms with Crippen molar-refractivity contribution in [1.29, 1.82) is 0 Å². The number of carboxylic acids is 1. The Bertz CT molecular complexity index is 1110. The zero-order valence-corrected chi connectivity index (χ0v) is 17.8. The number of carbonyl (C=O) groups is 1. The Balaban J connectivity index is 1.49. The zero-order chi connectivity index (χ0) is 22.1. The van der Waals surface area contributed by atoms with Gasteiger partial charge in [0.15, 0.2) is 0 Å². The fourth-order valence-corrected chi connectivity index (χ4v) is 4.08. The molecule has 0 saturated heterocycles. The SMILES string of the molecule is COc1cc(C)c(-c2ccc(F)c(CNc3ccc([C@H]4C[C@@H]4C(=O)O)nc3)c2)c(C)c1. The van der Waals surface area contributed by atoms with Gasteiger partial charge < -0.3 is 15.2 Å². The van der Waals surface area contributed by atoms with Crippen molar-refractivity contribution >= 4 is 11.7 Å². The number of aryl methyl sites for hydroxylation is 2. The molecule has 1 aromatic heterocycles. The van der Waals surface area contributed by atoms with E-state index >= 15 is 0 Å². The number of pyridine rings is 1. The minimum Gasteiger partial charge on any atom is -0.497 e. The van der Waals surface area contributed by atoms with Gasteiger partial charge in [0, 0.05) is 23.7 Å². The van der Waals surface area contributed by atoms with E-state index in [0.717, 1.165) is 39.4 Å². The largest absolute Gasteiger partial charge is 0.497 e. The molecule has 1 aliphatic carbocycles. The topological polar surface area (TPSA) is 71.5 Å². The van der Waals surface area contributed by atoms with Gasteiger partial charge in [-0.25, -0.2) is 4.39 Å². The summed E-state index contributed by atoms with van der Waals surface area (Å²) in [6.07, 6.45) is 2.31. The molecule has 2 aromatic carbocycles. The summed E-state index contributed by atoms with van der Waals surface area (Å²) in [6, 6.07) is 12.8. The molecular formula is C25H25FN2O3. The number of hydrogen-bond acceptors (Lipinski definition) is 4. The zero-order valence-electron chi connectivity index (χ0n) is 17.8. The van der Waals surface area contributed by atoms with E-state index in [1.165, 1.54) is 6.07 Å². The molecule has 0 amide bonds. The van der Waals surface area contributed by atoms with Gasteiger partial charge in [-0.05, 0) is 78.9 Å². The van der Waals surface area contributed by atoms with E-state index in [9.17, 15) is 9.18 Å². The van der Waals surface area contributed by atoms with Crippen molar-refractivity contribution in [3.8, 4) is 16.9 Å². The van der Waals surface area contributed by atoms with Crippen LogP contribution in [0, 0.1) is 25.6 Å². The quantitative estimate of drug-likeness (QED) is 0.542. The predicted molar refractivity (Wildman–Crippen MR) is 118 cm³/mol. The van der Waals surface area contributed by atoms with Crippen molar-refractivity contribution in [3.63, 3.8) is 0 Å². The van der Waals surface area contributed by atoms with Crippen LogP contribution in [0.2, 0.25) is 0 Å². The van der Waals surface area contributed by atoms with Crippen LogP contribution >= 0.6 is 0 Å². The highest BCUT2D eigenvalue weighted by molar-refractivity contribution is 5.75. The Labute approximate surface area is 180 Å². The monoisotopic (exact) mass is 420 g/mol. The van der Waals surface area contributed by atoms with Gasteiger partial charge in [-0.1, -0.05) is 6.07 Å². The lowest BCUT2D eigenvalue weighted by Crippen LogP contribution is -2.04. The minimum absolute atomic E-state index is 0.00310. The molecule has 5 nitrogen and oxygen atoms in total. The molecule has 1 saturated carbocycles. The highest BCUT2D eigenvalue weighted by Crippen LogP contribution is 2.46. The number of benzene rings is 2. The lowest BCUT2D eigenvalue weighted by atomic mass is 9.94. The number of carboxylic acid groups (broad SMARTS) is 1. The summed E-state index contributed by atoms with van der Waals surface area (Å²) >= 11 is 0. The smallest absolute Gasteiger partial charge is 0.307 e. The highest BCUT2D eigenvalue weighted by atomic mass is 19.1. The molecule has 0 bridgehead atoms. The molecule has 2 atom stereocenters. The molecule has 2 N–H and O–H groups in total. The number of nitrogens with one attached hydrogen (secondary N) is 1. The van der Waals surface area contributed by atoms with Crippen LogP contribution in [0.5, 0.6) is 5.75 Å². The summed E-state index contributed by atoms with van der Waals surface area (Å²) in [5.41, 5.74) is 6.28. The summed E-state index contributed by atoms with van der Waals surface area (Å²) in [5, 5.41) is 12.3. The first-order chi connectivity index (χ1) is 14.9. The number of aliphatic carboxylic acids is 1. The Morgan fingerprint density at radius 1 is 1.19 bits per heavy atom. The summed E-state index contributed by atoms with van der Waals surface area (Å²) in [7, 11) is 1.64. The van der Waals surface area contributed by atoms with Crippen molar-refractivity contribution in [2.45, 2.75) is 32.7 Å². The van der Waals surface area contributed by atoms with E-state index in [2.05, 4.69) is 10.3 Å². The molecule has 160 valence electrons. The van der Waals surface area contributed by atoms with E-state index < -0.39 is 5.97 Å². The van der Waals surface area contributed by atoms with E-state index in [0.29, 0.717) is 18.5 Å². The number of hydrogen-bond donors (Lipinski definition) is 2. The van der Waals surface area contributed by atoms with Crippen LogP contribution in [0.4, 0.5) is 10.1 Å². The molecule has 0 spiro atoms. The van der Waals surface area contributed by atoms with E-state index in [1.54, 1.807) is 19.4 Å². The van der Waals surface area contributed by atoms with E-state index in [-0.39, 0.29) is 17.7 Å². The third-order valence-corrected chi connectivity index (χ3v) is 5.83. The highest BCUT2D eigenvalue weighted by Gasteiger charge is 2.45. The Hall–Kier alpha value is -3.41. The summed E-state index contributed by atoms with van der Waals surface area (Å²) in [4.78, 5) is 15.4. The van der Waals surface area contributed by atoms with Gasteiger partial charge in [0.1, 0.15) is 11.6 Å². The molecule has 1 fully saturated rings. The van der Waals surface area contributed by atoms with Crippen LogP contribution in [0.1, 0.15) is 34.7 Å². The summed E-state index contributed by atoms with van der Waals surface area (Å²) < 4.78 is 19.8. The molecular weight excluding hydrogens is 395 g/mol. The number of halogens is 1. The normalized spacial score (nSPS) is 17.3. The number of anilines is 1. The second-order valence-electron chi connectivity index (χ2n) is 8.05. The van der Waals surface area contributed by atoms with Crippen molar-refractivity contribution < 1.29 is 19.0 Å². The summed E-state index contributed by atoms with van der Waals surface area (Å²) in [5.74, 6) is -0.567. The third kappa shape index (κ3) is 4.38. The number of aromatic nitrogens is 1. The lowest BCUT2D eigenvalue weighted by molar-refractivity contribution is -0.138. The first-order valence-corrected chi connectivity index (χ1v) is 10.2. The second kappa shape index (κ2) is 8.38. The average molecular weight is 420 g/mol. The minimum atomic E-state index is -0.772. The predicted octanol–water partition coefficient (Wildman–Crippen LogP) is 5.31. The van der Waals surface area contributed by atoms with Crippen LogP contribution in [0.25, 0.3) is 11.1 Å². The molecule has 3 aromatic rings. The van der Waals surface area contributed by atoms with Crippen LogP contribution < -0.4 is 10.1 Å². The van der Waals surface area contributed by atoms with Crippen LogP contribution in [0.3, 0.4) is 0 Å².